The number of diazo groups is 1. The van der Waals surface area contributed by atoms with Crippen LogP contribution in [0.1, 0.15) is 19.4 Å². The molecule has 0 unspecified atom stereocenters. The number of sulfonamides is 1. The Labute approximate surface area is 158 Å². The molecule has 0 aliphatic carbocycles. The van der Waals surface area contributed by atoms with E-state index in [9.17, 15) is 18.9 Å². The van der Waals surface area contributed by atoms with Gasteiger partial charge in [0.2, 0.25) is 10.3 Å². The molecule has 0 atom stereocenters. The van der Waals surface area contributed by atoms with Gasteiger partial charge in [-0.2, -0.15) is 8.42 Å². The molecule has 2 aromatic rings. The maximum absolute atomic E-state index is 12.9. The van der Waals surface area contributed by atoms with Gasteiger partial charge in [0.25, 0.3) is 0 Å². The third kappa shape index (κ3) is 4.24. The second-order valence-corrected chi connectivity index (χ2v) is 7.65. The van der Waals surface area contributed by atoms with Crippen LogP contribution in [0.25, 0.3) is 4.98 Å². The molecule has 0 saturated carbocycles. The largest absolute Gasteiger partial charge is 0.858 e. The third-order valence-corrected chi connectivity index (χ3v) is 6.31. The predicted molar refractivity (Wildman–Crippen MR) is 99.6 cm³/mol. The van der Waals surface area contributed by atoms with E-state index in [-0.39, 0.29) is 26.3 Å². The maximum Gasteiger partial charge on any atom is 0.413 e. The van der Waals surface area contributed by atoms with Crippen molar-refractivity contribution in [2.24, 2.45) is 4.99 Å². The Hall–Kier alpha value is -2.96. The summed E-state index contributed by atoms with van der Waals surface area (Å²) in [4.78, 5) is 6.86. The van der Waals surface area contributed by atoms with Crippen LogP contribution in [0.4, 0.5) is 11.4 Å². The summed E-state index contributed by atoms with van der Waals surface area (Å²) in [5, 5.41) is 21.7. The Morgan fingerprint density at radius 3 is 2.37 bits per heavy atom. The predicted octanol–water partition coefficient (Wildman–Crippen LogP) is 1.23. The van der Waals surface area contributed by atoms with Crippen molar-refractivity contribution >= 4 is 27.3 Å². The van der Waals surface area contributed by atoms with Crippen LogP contribution in [0.5, 0.6) is 5.75 Å². The van der Waals surface area contributed by atoms with Gasteiger partial charge in [-0.3, -0.25) is 4.99 Å². The standard InChI is InChI=1S/C18H20N4O4S/c1-4-22(5-2)27(24,25)17-12-14(16(26-3)11-15(17)21-19)20-18(23)13-9-7-6-8-10-13/h6-12H,4-5H2,1-3H3/p+1. The Morgan fingerprint density at radius 2 is 1.85 bits per heavy atom. The van der Waals surface area contributed by atoms with Crippen LogP contribution < -0.4 is 14.1 Å². The highest BCUT2D eigenvalue weighted by atomic mass is 32.2. The smallest absolute Gasteiger partial charge is 0.413 e. The molecular formula is C18H21N4O4S+. The van der Waals surface area contributed by atoms with E-state index in [1.165, 1.54) is 19.2 Å². The monoisotopic (exact) mass is 389 g/mol. The first-order valence-corrected chi connectivity index (χ1v) is 9.85. The number of methoxy groups -OCH3 is 1. The molecule has 0 aliphatic rings. The first kappa shape index (κ1) is 20.4. The van der Waals surface area contributed by atoms with Crippen LogP contribution in [-0.2, 0) is 10.0 Å². The highest BCUT2D eigenvalue weighted by molar-refractivity contribution is 7.85. The second-order valence-electron chi connectivity index (χ2n) is 5.62. The molecule has 142 valence electrons. The Balaban J connectivity index is 2.68. The molecule has 9 heteroatoms. The van der Waals surface area contributed by atoms with E-state index in [1.54, 1.807) is 44.2 Å². The normalized spacial score (nSPS) is 12.0. The van der Waals surface area contributed by atoms with Crippen LogP contribution in [0, 0.1) is 5.39 Å². The molecule has 0 aromatic heterocycles. The number of quaternary nitrogens is 1. The molecule has 0 amide bonds. The highest BCUT2D eigenvalue weighted by Crippen LogP contribution is 2.37. The molecule has 0 radical (unpaired) electrons. The number of aliphatic imine (C=N–C) groups is 1. The van der Waals surface area contributed by atoms with Crippen LogP contribution in [-0.4, -0.2) is 34.5 Å². The molecule has 0 saturated heterocycles. The van der Waals surface area contributed by atoms with Gasteiger partial charge in [-0.25, -0.2) is 4.31 Å². The summed E-state index contributed by atoms with van der Waals surface area (Å²) >= 11 is 0. The van der Waals surface area contributed by atoms with Gasteiger partial charge < -0.3 is 9.84 Å². The number of benzene rings is 2. The first-order chi connectivity index (χ1) is 12.9. The van der Waals surface area contributed by atoms with Gasteiger partial charge in [-0.05, 0) is 25.3 Å². The zero-order valence-corrected chi connectivity index (χ0v) is 16.2. The Bertz CT molecular complexity index is 978. The lowest BCUT2D eigenvalue weighted by atomic mass is 10.2. The van der Waals surface area contributed by atoms with Crippen molar-refractivity contribution in [3.05, 3.63) is 53.0 Å². The van der Waals surface area contributed by atoms with Crippen molar-refractivity contribution in [3.8, 4) is 5.75 Å². The lowest BCUT2D eigenvalue weighted by Gasteiger charge is -2.16. The topological polar surface area (TPSA) is 111 Å². The molecule has 0 fully saturated rings. The molecule has 2 rings (SSSR count). The van der Waals surface area contributed by atoms with Crippen LogP contribution in [0.2, 0.25) is 0 Å². The van der Waals surface area contributed by atoms with Crippen LogP contribution in [0.15, 0.2) is 52.4 Å². The summed E-state index contributed by atoms with van der Waals surface area (Å²) in [6.07, 6.45) is 0. The van der Waals surface area contributed by atoms with E-state index in [0.717, 1.165) is 0 Å². The highest BCUT2D eigenvalue weighted by Gasteiger charge is 2.36. The van der Waals surface area contributed by atoms with Crippen molar-refractivity contribution in [1.29, 1.82) is 5.39 Å². The SMILES string of the molecule is CC[NH+](CC)S(=O)(=O)c1cc(N=C([O-])c2ccccc2)c(OC)cc1[N+]#N. The zero-order valence-electron chi connectivity index (χ0n) is 15.3. The van der Waals surface area contributed by atoms with Crippen molar-refractivity contribution in [1.82, 2.24) is 0 Å². The van der Waals surface area contributed by atoms with Gasteiger partial charge >= 0.3 is 15.7 Å². The number of hydrogen-bond donors (Lipinski definition) is 1. The average Bonchev–Trinajstić information content (AvgIpc) is 2.69. The minimum atomic E-state index is -3.86. The molecule has 0 aliphatic heterocycles. The first-order valence-electron chi connectivity index (χ1n) is 8.37. The second kappa shape index (κ2) is 8.62. The number of ether oxygens (including phenoxy) is 1. The maximum atomic E-state index is 12.9. The van der Waals surface area contributed by atoms with Gasteiger partial charge in [0, 0.05) is 6.07 Å². The summed E-state index contributed by atoms with van der Waals surface area (Å²) in [7, 11) is -2.50. The van der Waals surface area contributed by atoms with Crippen molar-refractivity contribution in [2.75, 3.05) is 20.2 Å². The molecule has 27 heavy (non-hydrogen) atoms. The Morgan fingerprint density at radius 1 is 1.22 bits per heavy atom. The summed E-state index contributed by atoms with van der Waals surface area (Å²) in [6, 6.07) is 10.8. The molecule has 0 heterocycles. The summed E-state index contributed by atoms with van der Waals surface area (Å²) < 4.78 is 31.3. The van der Waals surface area contributed by atoms with Crippen molar-refractivity contribution in [2.45, 2.75) is 18.7 Å². The van der Waals surface area contributed by atoms with E-state index < -0.39 is 15.9 Å². The summed E-state index contributed by atoms with van der Waals surface area (Å²) in [5.74, 6) is -0.415. The molecule has 0 spiro atoms. The fourth-order valence-corrected chi connectivity index (χ4v) is 4.34. The number of hydrogen-bond acceptors (Lipinski definition) is 6. The van der Waals surface area contributed by atoms with Crippen LogP contribution in [0.3, 0.4) is 0 Å². The number of nitrogens with zero attached hydrogens (tertiary/aromatic N) is 3. The van der Waals surface area contributed by atoms with Crippen LogP contribution >= 0.6 is 0 Å². The Kier molecular flexibility index (Phi) is 6.50. The molecule has 2 aromatic carbocycles. The minimum Gasteiger partial charge on any atom is -0.858 e. The van der Waals surface area contributed by atoms with Gasteiger partial charge in [-0.1, -0.05) is 30.3 Å². The number of nitrogens with one attached hydrogen (secondary N) is 1. The molecule has 0 bridgehead atoms. The van der Waals surface area contributed by atoms with Gasteiger partial charge in [-0.15, -0.1) is 0 Å². The van der Waals surface area contributed by atoms with Gasteiger partial charge in [0.1, 0.15) is 5.69 Å². The van der Waals surface area contributed by atoms with E-state index in [0.29, 0.717) is 18.7 Å². The third-order valence-electron chi connectivity index (χ3n) is 4.07. The van der Waals surface area contributed by atoms with Crippen molar-refractivity contribution < 1.29 is 22.6 Å². The quantitative estimate of drug-likeness (QED) is 0.435. The lowest BCUT2D eigenvalue weighted by molar-refractivity contribution is -0.762. The zero-order chi connectivity index (χ0) is 20.0. The van der Waals surface area contributed by atoms with E-state index in [1.807, 2.05) is 0 Å². The number of rotatable bonds is 7. The molecule has 8 nitrogen and oxygen atoms in total. The van der Waals surface area contributed by atoms with Gasteiger partial charge in [0.05, 0.1) is 26.3 Å². The lowest BCUT2D eigenvalue weighted by Crippen LogP contribution is -3.13. The van der Waals surface area contributed by atoms with Crippen molar-refractivity contribution in [3.63, 3.8) is 0 Å². The van der Waals surface area contributed by atoms with E-state index in [4.69, 9.17) is 4.74 Å². The minimum absolute atomic E-state index is 0.0453. The fraction of sp³-hybridized carbons (Fsp3) is 0.278. The summed E-state index contributed by atoms with van der Waals surface area (Å²) in [5.41, 5.74) is 0.232. The van der Waals surface area contributed by atoms with E-state index >= 15 is 0 Å². The fourth-order valence-electron chi connectivity index (χ4n) is 2.62. The molecular weight excluding hydrogens is 368 g/mol. The van der Waals surface area contributed by atoms with Gasteiger partial charge in [0.15, 0.2) is 10.7 Å². The summed E-state index contributed by atoms with van der Waals surface area (Å²) in [6.45, 7) is 4.12. The average molecular weight is 389 g/mol. The molecule has 1 N–H and O–H groups in total. The van der Waals surface area contributed by atoms with E-state index in [2.05, 4.69) is 9.97 Å².